The molecule has 0 atom stereocenters. The third-order valence-electron chi connectivity index (χ3n) is 4.40. The molecule has 1 heterocycles. The molecule has 2 rings (SSSR count). The number of rotatable bonds is 7. The Morgan fingerprint density at radius 1 is 1.38 bits per heavy atom. The van der Waals surface area contributed by atoms with E-state index in [9.17, 15) is 4.79 Å². The van der Waals surface area contributed by atoms with E-state index >= 15 is 0 Å². The van der Waals surface area contributed by atoms with Crippen LogP contribution in [0.25, 0.3) is 0 Å². The Bertz CT molecular complexity index is 465. The first-order valence-corrected chi connectivity index (χ1v) is 9.04. The average Bonchev–Trinajstić information content (AvgIpc) is 2.89. The number of carbonyl (C=O) groups is 1. The Morgan fingerprint density at radius 2 is 2.10 bits per heavy atom. The zero-order chi connectivity index (χ0) is 15.2. The first-order chi connectivity index (χ1) is 10.2. The van der Waals surface area contributed by atoms with E-state index in [1.54, 1.807) is 0 Å². The number of hydrogen-bond donors (Lipinski definition) is 1. The fraction of sp³-hybridized carbons (Fsp3) is 0.750. The van der Waals surface area contributed by atoms with Crippen molar-refractivity contribution < 1.29 is 9.90 Å². The molecule has 0 aliphatic heterocycles. The molecule has 0 unspecified atom stereocenters. The second-order valence-corrected chi connectivity index (χ2v) is 6.84. The maximum Gasteiger partial charge on any atom is 0.313 e. The molecule has 0 spiro atoms. The Labute approximate surface area is 131 Å². The molecule has 0 amide bonds. The van der Waals surface area contributed by atoms with Gasteiger partial charge < -0.3 is 9.67 Å². The molecule has 1 N–H and O–H groups in total. The molecule has 0 bridgehead atoms. The highest BCUT2D eigenvalue weighted by Gasteiger charge is 2.25. The molecule has 1 fully saturated rings. The van der Waals surface area contributed by atoms with Crippen LogP contribution in [0.15, 0.2) is 11.4 Å². The summed E-state index contributed by atoms with van der Waals surface area (Å²) >= 11 is 1.35. The summed E-state index contributed by atoms with van der Waals surface area (Å²) in [6.07, 6.45) is 10.5. The van der Waals surface area contributed by atoms with Crippen molar-refractivity contribution in [2.45, 2.75) is 70.0 Å². The van der Waals surface area contributed by atoms with Gasteiger partial charge in [-0.25, -0.2) is 4.98 Å². The molecule has 1 aromatic rings. The predicted molar refractivity (Wildman–Crippen MR) is 85.9 cm³/mol. The molecule has 1 aromatic heterocycles. The molecule has 0 aromatic carbocycles. The van der Waals surface area contributed by atoms with Gasteiger partial charge in [-0.15, -0.1) is 0 Å². The minimum Gasteiger partial charge on any atom is -0.481 e. The fourth-order valence-corrected chi connectivity index (χ4v) is 4.15. The highest BCUT2D eigenvalue weighted by molar-refractivity contribution is 7.99. The number of aromatic nitrogens is 2. The van der Waals surface area contributed by atoms with E-state index in [1.165, 1.54) is 56.0 Å². The van der Waals surface area contributed by atoms with Crippen molar-refractivity contribution in [3.8, 4) is 0 Å². The normalized spacial score (nSPS) is 22.4. The molecular weight excluding hydrogens is 284 g/mol. The Morgan fingerprint density at radius 3 is 2.67 bits per heavy atom. The number of hydrogen-bond acceptors (Lipinski definition) is 3. The van der Waals surface area contributed by atoms with Crippen molar-refractivity contribution in [3.05, 3.63) is 11.9 Å². The highest BCUT2D eigenvalue weighted by Crippen LogP contribution is 2.37. The minimum absolute atomic E-state index is 0.0886. The second-order valence-electron chi connectivity index (χ2n) is 5.90. The fourth-order valence-electron chi connectivity index (χ4n) is 3.36. The van der Waals surface area contributed by atoms with Crippen LogP contribution in [-0.4, -0.2) is 26.4 Å². The van der Waals surface area contributed by atoms with Crippen LogP contribution in [0.2, 0.25) is 0 Å². The van der Waals surface area contributed by atoms with Gasteiger partial charge in [0.15, 0.2) is 5.16 Å². The molecule has 0 radical (unpaired) electrons. The maximum absolute atomic E-state index is 10.8. The zero-order valence-corrected chi connectivity index (χ0v) is 13.9. The number of carboxylic acids is 1. The van der Waals surface area contributed by atoms with Gasteiger partial charge in [0.1, 0.15) is 0 Å². The topological polar surface area (TPSA) is 55.1 Å². The number of thioether (sulfide) groups is 1. The van der Waals surface area contributed by atoms with E-state index in [2.05, 4.69) is 23.4 Å². The van der Waals surface area contributed by atoms with Crippen LogP contribution in [0, 0.1) is 5.92 Å². The summed E-state index contributed by atoms with van der Waals surface area (Å²) in [7, 11) is 0. The summed E-state index contributed by atoms with van der Waals surface area (Å²) in [6.45, 7) is 4.40. The van der Waals surface area contributed by atoms with Gasteiger partial charge in [-0.05, 0) is 38.0 Å². The number of nitrogens with zero attached hydrogens (tertiary/aromatic N) is 2. The Balaban J connectivity index is 2.07. The molecule has 118 valence electrons. The highest BCUT2D eigenvalue weighted by atomic mass is 32.2. The van der Waals surface area contributed by atoms with E-state index in [1.807, 2.05) is 6.20 Å². The van der Waals surface area contributed by atoms with Crippen molar-refractivity contribution in [3.63, 3.8) is 0 Å². The summed E-state index contributed by atoms with van der Waals surface area (Å²) in [4.78, 5) is 15.2. The smallest absolute Gasteiger partial charge is 0.313 e. The SMILES string of the molecule is CCCC1CCC(n2c(CC)cnc2SCC(=O)O)CC1. The summed E-state index contributed by atoms with van der Waals surface area (Å²) < 4.78 is 2.32. The van der Waals surface area contributed by atoms with Crippen LogP contribution in [0.3, 0.4) is 0 Å². The molecular formula is C16H26N2O2S. The lowest BCUT2D eigenvalue weighted by Gasteiger charge is -2.31. The Hall–Kier alpha value is -0.970. The zero-order valence-electron chi connectivity index (χ0n) is 13.0. The van der Waals surface area contributed by atoms with Crippen molar-refractivity contribution in [2.75, 3.05) is 5.75 Å². The lowest BCUT2D eigenvalue weighted by molar-refractivity contribution is -0.133. The molecule has 1 aliphatic carbocycles. The monoisotopic (exact) mass is 310 g/mol. The van der Waals surface area contributed by atoms with Crippen LogP contribution in [0.1, 0.15) is 64.1 Å². The van der Waals surface area contributed by atoms with Crippen LogP contribution in [-0.2, 0) is 11.2 Å². The third kappa shape index (κ3) is 4.25. The quantitative estimate of drug-likeness (QED) is 0.769. The van der Waals surface area contributed by atoms with E-state index in [-0.39, 0.29) is 5.75 Å². The predicted octanol–water partition coefficient (Wildman–Crippen LogP) is 4.15. The molecule has 5 heteroatoms. The lowest BCUT2D eigenvalue weighted by Crippen LogP contribution is -2.20. The summed E-state index contributed by atoms with van der Waals surface area (Å²) in [5.41, 5.74) is 1.24. The minimum atomic E-state index is -0.778. The van der Waals surface area contributed by atoms with Crippen molar-refractivity contribution >= 4 is 17.7 Å². The van der Waals surface area contributed by atoms with E-state index in [0.29, 0.717) is 6.04 Å². The van der Waals surface area contributed by atoms with Gasteiger partial charge in [0.2, 0.25) is 0 Å². The van der Waals surface area contributed by atoms with E-state index in [4.69, 9.17) is 5.11 Å². The number of aliphatic carboxylic acids is 1. The first kappa shape index (κ1) is 16.4. The molecule has 1 saturated carbocycles. The van der Waals surface area contributed by atoms with Gasteiger partial charge in [0.05, 0.1) is 5.75 Å². The molecule has 21 heavy (non-hydrogen) atoms. The van der Waals surface area contributed by atoms with Gasteiger partial charge in [-0.3, -0.25) is 4.79 Å². The van der Waals surface area contributed by atoms with Crippen molar-refractivity contribution in [1.29, 1.82) is 0 Å². The largest absolute Gasteiger partial charge is 0.481 e. The van der Waals surface area contributed by atoms with Gasteiger partial charge in [0, 0.05) is 17.9 Å². The number of carboxylic acid groups (broad SMARTS) is 1. The van der Waals surface area contributed by atoms with Gasteiger partial charge in [-0.2, -0.15) is 0 Å². The van der Waals surface area contributed by atoms with E-state index in [0.717, 1.165) is 17.5 Å². The number of aryl methyl sites for hydroxylation is 1. The van der Waals surface area contributed by atoms with Crippen LogP contribution in [0.4, 0.5) is 0 Å². The number of imidazole rings is 1. The first-order valence-electron chi connectivity index (χ1n) is 8.06. The standard InChI is InChI=1S/C16H26N2O2S/c1-3-5-12-6-8-14(9-7-12)18-13(4-2)10-17-16(18)21-11-15(19)20/h10,12,14H,3-9,11H2,1-2H3,(H,19,20). The maximum atomic E-state index is 10.8. The van der Waals surface area contributed by atoms with Crippen molar-refractivity contribution in [1.82, 2.24) is 9.55 Å². The summed E-state index contributed by atoms with van der Waals surface area (Å²) in [5, 5.41) is 9.76. The van der Waals surface area contributed by atoms with Crippen LogP contribution < -0.4 is 0 Å². The molecule has 4 nitrogen and oxygen atoms in total. The third-order valence-corrected chi connectivity index (χ3v) is 5.36. The second kappa shape index (κ2) is 7.87. The van der Waals surface area contributed by atoms with Crippen LogP contribution in [0.5, 0.6) is 0 Å². The molecule has 0 saturated heterocycles. The van der Waals surface area contributed by atoms with Gasteiger partial charge in [-0.1, -0.05) is 38.5 Å². The lowest BCUT2D eigenvalue weighted by atomic mass is 9.83. The van der Waals surface area contributed by atoms with Crippen molar-refractivity contribution in [2.24, 2.45) is 5.92 Å². The summed E-state index contributed by atoms with van der Waals surface area (Å²) in [6, 6.07) is 0.506. The molecule has 1 aliphatic rings. The summed E-state index contributed by atoms with van der Waals surface area (Å²) in [5.74, 6) is 0.194. The van der Waals surface area contributed by atoms with Gasteiger partial charge >= 0.3 is 5.97 Å². The van der Waals surface area contributed by atoms with Crippen LogP contribution >= 0.6 is 11.8 Å². The Kier molecular flexibility index (Phi) is 6.15. The average molecular weight is 310 g/mol. The van der Waals surface area contributed by atoms with Gasteiger partial charge in [0.25, 0.3) is 0 Å². The van der Waals surface area contributed by atoms with E-state index < -0.39 is 5.97 Å².